The largest absolute Gasteiger partial charge is 0.465 e. The van der Waals surface area contributed by atoms with Crippen LogP contribution in [0.15, 0.2) is 18.2 Å². The van der Waals surface area contributed by atoms with E-state index in [0.717, 1.165) is 11.0 Å². The molecule has 0 spiro atoms. The number of ether oxygens (including phenoxy) is 1. The molecule has 0 bridgehead atoms. The molecular weight excluding hydrogens is 288 g/mol. The standard InChI is InChI=1S/C12H13ClN2O5/c1-3-20-11(16)7-14(2)12(17)8-4-5-9(13)10(6-8)15(18)19/h4-6H,3,7H2,1-2H3. The fraction of sp³-hybridized carbons (Fsp3) is 0.333. The number of halogens is 1. The van der Waals surface area contributed by atoms with Crippen LogP contribution >= 0.6 is 11.6 Å². The van der Waals surface area contributed by atoms with Gasteiger partial charge in [0, 0.05) is 18.7 Å². The molecule has 0 heterocycles. The molecule has 0 aliphatic carbocycles. The zero-order valence-electron chi connectivity index (χ0n) is 11.0. The van der Waals surface area contributed by atoms with Crippen molar-refractivity contribution in [2.45, 2.75) is 6.92 Å². The Kier molecular flexibility index (Phi) is 5.45. The third-order valence-corrected chi connectivity index (χ3v) is 2.73. The Balaban J connectivity index is 2.89. The summed E-state index contributed by atoms with van der Waals surface area (Å²) >= 11 is 5.66. The normalized spacial score (nSPS) is 9.95. The molecule has 0 N–H and O–H groups in total. The summed E-state index contributed by atoms with van der Waals surface area (Å²) in [5.74, 6) is -1.08. The number of carbonyl (C=O) groups is 2. The average molecular weight is 301 g/mol. The van der Waals surface area contributed by atoms with E-state index in [0.29, 0.717) is 0 Å². The van der Waals surface area contributed by atoms with E-state index in [1.807, 2.05) is 0 Å². The van der Waals surface area contributed by atoms with Crippen LogP contribution in [0.25, 0.3) is 0 Å². The van der Waals surface area contributed by atoms with Crippen molar-refractivity contribution in [3.8, 4) is 0 Å². The highest BCUT2D eigenvalue weighted by atomic mass is 35.5. The summed E-state index contributed by atoms with van der Waals surface area (Å²) in [6, 6.07) is 3.71. The van der Waals surface area contributed by atoms with Gasteiger partial charge in [-0.2, -0.15) is 0 Å². The van der Waals surface area contributed by atoms with Gasteiger partial charge < -0.3 is 9.64 Å². The number of benzene rings is 1. The van der Waals surface area contributed by atoms with E-state index < -0.39 is 16.8 Å². The zero-order valence-corrected chi connectivity index (χ0v) is 11.7. The van der Waals surface area contributed by atoms with E-state index >= 15 is 0 Å². The van der Waals surface area contributed by atoms with Crippen molar-refractivity contribution in [3.05, 3.63) is 38.9 Å². The third kappa shape index (κ3) is 3.92. The summed E-state index contributed by atoms with van der Waals surface area (Å²) in [5.41, 5.74) is -0.282. The Morgan fingerprint density at radius 2 is 2.10 bits per heavy atom. The number of carbonyl (C=O) groups excluding carboxylic acids is 2. The summed E-state index contributed by atoms with van der Waals surface area (Å²) in [6.07, 6.45) is 0. The van der Waals surface area contributed by atoms with E-state index in [1.165, 1.54) is 19.2 Å². The topological polar surface area (TPSA) is 89.8 Å². The SMILES string of the molecule is CCOC(=O)CN(C)C(=O)c1ccc(Cl)c([N+](=O)[O-])c1. The van der Waals surface area contributed by atoms with Crippen LogP contribution in [-0.4, -0.2) is 41.9 Å². The summed E-state index contributed by atoms with van der Waals surface area (Å²) in [4.78, 5) is 34.5. The highest BCUT2D eigenvalue weighted by Crippen LogP contribution is 2.25. The van der Waals surface area contributed by atoms with Crippen molar-refractivity contribution < 1.29 is 19.2 Å². The molecule has 0 radical (unpaired) electrons. The van der Waals surface area contributed by atoms with Gasteiger partial charge in [-0.3, -0.25) is 19.7 Å². The second-order valence-corrected chi connectivity index (χ2v) is 4.30. The van der Waals surface area contributed by atoms with Crippen LogP contribution in [-0.2, 0) is 9.53 Å². The van der Waals surface area contributed by atoms with Crippen molar-refractivity contribution >= 4 is 29.2 Å². The number of esters is 1. The summed E-state index contributed by atoms with van der Waals surface area (Å²) in [5, 5.41) is 10.7. The van der Waals surface area contributed by atoms with E-state index in [2.05, 4.69) is 0 Å². The van der Waals surface area contributed by atoms with Crippen molar-refractivity contribution in [2.75, 3.05) is 20.2 Å². The lowest BCUT2D eigenvalue weighted by Crippen LogP contribution is -2.33. The molecule has 1 aromatic carbocycles. The monoisotopic (exact) mass is 300 g/mol. The summed E-state index contributed by atoms with van der Waals surface area (Å²) in [6.45, 7) is 1.64. The van der Waals surface area contributed by atoms with Gasteiger partial charge in [0.15, 0.2) is 0 Å². The smallest absolute Gasteiger partial charge is 0.325 e. The van der Waals surface area contributed by atoms with Crippen molar-refractivity contribution in [1.82, 2.24) is 4.90 Å². The van der Waals surface area contributed by atoms with Gasteiger partial charge in [0.1, 0.15) is 11.6 Å². The number of nitro benzene ring substituents is 1. The summed E-state index contributed by atoms with van der Waals surface area (Å²) < 4.78 is 4.72. The molecule has 0 atom stereocenters. The number of amides is 1. The molecule has 8 heteroatoms. The lowest BCUT2D eigenvalue weighted by molar-refractivity contribution is -0.384. The first-order chi connectivity index (χ1) is 9.36. The summed E-state index contributed by atoms with van der Waals surface area (Å²) in [7, 11) is 1.40. The van der Waals surface area contributed by atoms with Crippen LogP contribution in [0.5, 0.6) is 0 Å². The second kappa shape index (κ2) is 6.85. The van der Waals surface area contributed by atoms with Crippen molar-refractivity contribution in [1.29, 1.82) is 0 Å². The molecule has 7 nitrogen and oxygen atoms in total. The molecule has 0 saturated heterocycles. The van der Waals surface area contributed by atoms with Gasteiger partial charge >= 0.3 is 5.97 Å². The van der Waals surface area contributed by atoms with Gasteiger partial charge in [0.05, 0.1) is 11.5 Å². The van der Waals surface area contributed by atoms with Crippen LogP contribution in [0, 0.1) is 10.1 Å². The first-order valence-electron chi connectivity index (χ1n) is 5.71. The van der Waals surface area contributed by atoms with Gasteiger partial charge in [0.2, 0.25) is 0 Å². The number of rotatable bonds is 5. The maximum atomic E-state index is 12.0. The highest BCUT2D eigenvalue weighted by molar-refractivity contribution is 6.32. The third-order valence-electron chi connectivity index (χ3n) is 2.41. The Labute approximate surface area is 120 Å². The number of likely N-dealkylation sites (N-methyl/N-ethyl adjacent to an activating group) is 1. The molecule has 1 aromatic rings. The van der Waals surface area contributed by atoms with Crippen molar-refractivity contribution in [2.24, 2.45) is 0 Å². The highest BCUT2D eigenvalue weighted by Gasteiger charge is 2.20. The number of hydrogen-bond donors (Lipinski definition) is 0. The van der Waals surface area contributed by atoms with E-state index in [1.54, 1.807) is 6.92 Å². The van der Waals surface area contributed by atoms with Crippen LogP contribution in [0.1, 0.15) is 17.3 Å². The predicted molar refractivity (Wildman–Crippen MR) is 71.7 cm³/mol. The molecule has 0 aliphatic heterocycles. The molecule has 1 rings (SSSR count). The average Bonchev–Trinajstić information content (AvgIpc) is 2.38. The van der Waals surface area contributed by atoms with Crippen LogP contribution in [0.2, 0.25) is 5.02 Å². The molecule has 0 unspecified atom stereocenters. The Bertz CT molecular complexity index is 547. The fourth-order valence-corrected chi connectivity index (χ4v) is 1.66. The minimum absolute atomic E-state index is 0.0559. The first-order valence-corrected chi connectivity index (χ1v) is 6.09. The van der Waals surface area contributed by atoms with Crippen LogP contribution in [0.3, 0.4) is 0 Å². The van der Waals surface area contributed by atoms with E-state index in [-0.39, 0.29) is 29.4 Å². The van der Waals surface area contributed by atoms with Crippen molar-refractivity contribution in [3.63, 3.8) is 0 Å². The van der Waals surface area contributed by atoms with Gasteiger partial charge in [-0.05, 0) is 19.1 Å². The molecule has 20 heavy (non-hydrogen) atoms. The Morgan fingerprint density at radius 3 is 2.65 bits per heavy atom. The molecule has 1 amide bonds. The lowest BCUT2D eigenvalue weighted by Gasteiger charge is -2.16. The molecule has 0 aromatic heterocycles. The van der Waals surface area contributed by atoms with E-state index in [4.69, 9.17) is 16.3 Å². The zero-order chi connectivity index (χ0) is 15.3. The van der Waals surface area contributed by atoms with Gasteiger partial charge in [0.25, 0.3) is 11.6 Å². The van der Waals surface area contributed by atoms with Gasteiger partial charge in [-0.25, -0.2) is 0 Å². The molecule has 0 saturated carbocycles. The number of nitro groups is 1. The lowest BCUT2D eigenvalue weighted by atomic mass is 10.2. The Hall–Kier alpha value is -2.15. The molecule has 0 fully saturated rings. The predicted octanol–water partition coefficient (Wildman–Crippen LogP) is 1.88. The number of hydrogen-bond acceptors (Lipinski definition) is 5. The Morgan fingerprint density at radius 1 is 1.45 bits per heavy atom. The van der Waals surface area contributed by atoms with Gasteiger partial charge in [-0.1, -0.05) is 11.6 Å². The number of nitrogens with zero attached hydrogens (tertiary/aromatic N) is 2. The maximum absolute atomic E-state index is 12.0. The quantitative estimate of drug-likeness (QED) is 0.470. The molecule has 108 valence electrons. The second-order valence-electron chi connectivity index (χ2n) is 3.89. The minimum Gasteiger partial charge on any atom is -0.465 e. The molecular formula is C12H13ClN2O5. The van der Waals surface area contributed by atoms with Gasteiger partial charge in [-0.15, -0.1) is 0 Å². The van der Waals surface area contributed by atoms with Crippen LogP contribution in [0.4, 0.5) is 5.69 Å². The molecule has 0 aliphatic rings. The maximum Gasteiger partial charge on any atom is 0.325 e. The first kappa shape index (κ1) is 15.9. The van der Waals surface area contributed by atoms with E-state index in [9.17, 15) is 19.7 Å². The van der Waals surface area contributed by atoms with Crippen LogP contribution < -0.4 is 0 Å². The minimum atomic E-state index is -0.676. The fourth-order valence-electron chi connectivity index (χ4n) is 1.48.